The zero-order valence-electron chi connectivity index (χ0n) is 13.5. The van der Waals surface area contributed by atoms with Gasteiger partial charge in [-0.15, -0.1) is 0 Å². The quantitative estimate of drug-likeness (QED) is 0.853. The summed E-state index contributed by atoms with van der Waals surface area (Å²) in [6, 6.07) is 2.16. The number of sulfonamides is 1. The van der Waals surface area contributed by atoms with Gasteiger partial charge < -0.3 is 4.74 Å². The number of hydrogen-bond donors (Lipinski definition) is 1. The number of benzene rings is 1. The van der Waals surface area contributed by atoms with Crippen molar-refractivity contribution in [3.63, 3.8) is 0 Å². The summed E-state index contributed by atoms with van der Waals surface area (Å²) in [5.74, 6) is -2.89. The molecule has 140 valence electrons. The highest BCUT2D eigenvalue weighted by molar-refractivity contribution is 7.89. The molecule has 0 unspecified atom stereocenters. The fraction of sp³-hybridized carbons (Fsp3) is 0.375. The van der Waals surface area contributed by atoms with E-state index >= 15 is 0 Å². The van der Waals surface area contributed by atoms with E-state index in [0.29, 0.717) is 31.7 Å². The maximum Gasteiger partial charge on any atom is 0.316 e. The van der Waals surface area contributed by atoms with Crippen molar-refractivity contribution >= 4 is 10.0 Å². The summed E-state index contributed by atoms with van der Waals surface area (Å²) in [6.45, 7) is 0. The van der Waals surface area contributed by atoms with Crippen molar-refractivity contribution in [3.8, 4) is 6.01 Å². The molecule has 0 aliphatic heterocycles. The maximum absolute atomic E-state index is 13.3. The lowest BCUT2D eigenvalue weighted by molar-refractivity contribution is 0.132. The lowest BCUT2D eigenvalue weighted by Gasteiger charge is -2.28. The Balaban J connectivity index is 1.56. The van der Waals surface area contributed by atoms with Gasteiger partial charge in [0.1, 0.15) is 6.10 Å². The molecular weight excluding hydrogens is 371 g/mol. The minimum absolute atomic E-state index is 0.0669. The molecule has 0 spiro atoms. The summed E-state index contributed by atoms with van der Waals surface area (Å²) in [4.78, 5) is 7.12. The van der Waals surface area contributed by atoms with Crippen molar-refractivity contribution in [2.45, 2.75) is 42.7 Å². The first-order chi connectivity index (χ1) is 12.3. The second-order valence-corrected chi connectivity index (χ2v) is 7.69. The monoisotopic (exact) mass is 387 g/mol. The van der Waals surface area contributed by atoms with Crippen molar-refractivity contribution in [2.75, 3.05) is 0 Å². The molecule has 1 aliphatic rings. The number of rotatable bonds is 5. The van der Waals surface area contributed by atoms with Gasteiger partial charge in [-0.05, 0) is 43.9 Å². The first-order valence-corrected chi connectivity index (χ1v) is 9.43. The predicted octanol–water partition coefficient (Wildman–Crippen LogP) is 2.56. The molecule has 1 aliphatic carbocycles. The van der Waals surface area contributed by atoms with E-state index in [9.17, 15) is 21.6 Å². The molecule has 10 heteroatoms. The Morgan fingerprint density at radius 3 is 2.27 bits per heavy atom. The highest BCUT2D eigenvalue weighted by Crippen LogP contribution is 2.24. The number of aromatic nitrogens is 2. The normalized spacial score (nSPS) is 20.7. The third-order valence-corrected chi connectivity index (χ3v) is 5.58. The van der Waals surface area contributed by atoms with Crippen molar-refractivity contribution in [1.29, 1.82) is 0 Å². The number of hydrogen-bond acceptors (Lipinski definition) is 5. The molecular formula is C16H16F3N3O3S. The molecule has 1 fully saturated rings. The molecule has 0 amide bonds. The van der Waals surface area contributed by atoms with Gasteiger partial charge in [0.05, 0.1) is 17.3 Å². The lowest BCUT2D eigenvalue weighted by atomic mass is 9.94. The molecule has 0 radical (unpaired) electrons. The first kappa shape index (κ1) is 18.6. The molecule has 26 heavy (non-hydrogen) atoms. The molecule has 1 aromatic heterocycles. The minimum atomic E-state index is -3.94. The topological polar surface area (TPSA) is 81.2 Å². The highest BCUT2D eigenvalue weighted by atomic mass is 32.2. The van der Waals surface area contributed by atoms with Crippen LogP contribution in [0.2, 0.25) is 0 Å². The van der Waals surface area contributed by atoms with E-state index in [2.05, 4.69) is 14.7 Å². The van der Waals surface area contributed by atoms with E-state index < -0.39 is 27.5 Å². The summed E-state index contributed by atoms with van der Waals surface area (Å²) in [6.07, 6.45) is 3.89. The van der Waals surface area contributed by atoms with Crippen LogP contribution < -0.4 is 9.46 Å². The number of halogens is 3. The summed E-state index contributed by atoms with van der Waals surface area (Å²) in [7, 11) is -3.94. The lowest BCUT2D eigenvalue weighted by Crippen LogP contribution is -2.39. The smallest absolute Gasteiger partial charge is 0.316 e. The molecule has 3 rings (SSSR count). The number of nitrogens with zero attached hydrogens (tertiary/aromatic N) is 2. The van der Waals surface area contributed by atoms with E-state index in [1.165, 1.54) is 0 Å². The van der Waals surface area contributed by atoms with Crippen molar-refractivity contribution in [3.05, 3.63) is 48.0 Å². The van der Waals surface area contributed by atoms with Crippen LogP contribution in [0.1, 0.15) is 25.7 Å². The third-order valence-electron chi connectivity index (χ3n) is 4.07. The van der Waals surface area contributed by atoms with E-state index in [4.69, 9.17) is 4.74 Å². The molecule has 1 saturated carbocycles. The Labute approximate surface area is 148 Å². The molecule has 0 atom stereocenters. The first-order valence-electron chi connectivity index (χ1n) is 7.95. The molecule has 0 bridgehead atoms. The van der Waals surface area contributed by atoms with Gasteiger partial charge in [0.15, 0.2) is 17.5 Å². The summed E-state index contributed by atoms with van der Waals surface area (Å²) in [5, 5.41) is 0. The van der Waals surface area contributed by atoms with E-state index in [1.807, 2.05) is 0 Å². The standard InChI is InChI=1S/C16H16F3N3O3S/c17-10-8-20-16(21-9-10)25-12-3-1-11(2-4-12)22-26(23,24)13-5-6-14(18)15(19)7-13/h5-9,11-12,22H,1-4H2. The maximum atomic E-state index is 13.3. The van der Waals surface area contributed by atoms with Crippen LogP contribution in [-0.2, 0) is 10.0 Å². The van der Waals surface area contributed by atoms with E-state index in [1.54, 1.807) is 0 Å². The van der Waals surface area contributed by atoms with Crippen LogP contribution in [0.15, 0.2) is 35.5 Å². The Hall–Kier alpha value is -2.20. The van der Waals surface area contributed by atoms with Gasteiger partial charge in [0, 0.05) is 6.04 Å². The summed E-state index contributed by atoms with van der Waals surface area (Å²) >= 11 is 0. The van der Waals surface area contributed by atoms with Gasteiger partial charge in [-0.1, -0.05) is 0 Å². The Morgan fingerprint density at radius 1 is 1.00 bits per heavy atom. The molecule has 2 aromatic rings. The van der Waals surface area contributed by atoms with E-state index in [-0.39, 0.29) is 23.1 Å². The Morgan fingerprint density at radius 2 is 1.65 bits per heavy atom. The predicted molar refractivity (Wildman–Crippen MR) is 85.3 cm³/mol. The average Bonchev–Trinajstić information content (AvgIpc) is 2.61. The van der Waals surface area contributed by atoms with Crippen molar-refractivity contribution in [1.82, 2.24) is 14.7 Å². The van der Waals surface area contributed by atoms with E-state index in [0.717, 1.165) is 24.5 Å². The second-order valence-electron chi connectivity index (χ2n) is 5.97. The fourth-order valence-corrected chi connectivity index (χ4v) is 4.06. The van der Waals surface area contributed by atoms with Crippen LogP contribution in [0.4, 0.5) is 13.2 Å². The largest absolute Gasteiger partial charge is 0.460 e. The van der Waals surface area contributed by atoms with Crippen LogP contribution in [-0.4, -0.2) is 30.5 Å². The summed E-state index contributed by atoms with van der Waals surface area (Å²) in [5.41, 5.74) is 0. The van der Waals surface area contributed by atoms with Gasteiger partial charge >= 0.3 is 6.01 Å². The minimum Gasteiger partial charge on any atom is -0.460 e. The molecule has 0 saturated heterocycles. The van der Waals surface area contributed by atoms with Gasteiger partial charge in [0.25, 0.3) is 0 Å². The third kappa shape index (κ3) is 4.50. The zero-order chi connectivity index (χ0) is 18.7. The van der Waals surface area contributed by atoms with Crippen LogP contribution in [0.25, 0.3) is 0 Å². The zero-order valence-corrected chi connectivity index (χ0v) is 14.3. The number of nitrogens with one attached hydrogen (secondary N) is 1. The average molecular weight is 387 g/mol. The van der Waals surface area contributed by atoms with Gasteiger partial charge in [-0.25, -0.2) is 36.3 Å². The summed E-state index contributed by atoms with van der Waals surface area (Å²) < 4.78 is 71.6. The molecule has 1 N–H and O–H groups in total. The van der Waals surface area contributed by atoms with Crippen LogP contribution >= 0.6 is 0 Å². The van der Waals surface area contributed by atoms with Crippen LogP contribution in [0, 0.1) is 17.5 Å². The van der Waals surface area contributed by atoms with Crippen molar-refractivity contribution in [2.24, 2.45) is 0 Å². The second kappa shape index (κ2) is 7.58. The molecule has 6 nitrogen and oxygen atoms in total. The SMILES string of the molecule is O=S(=O)(NC1CCC(Oc2ncc(F)cn2)CC1)c1ccc(F)c(F)c1. The number of ether oxygens (including phenoxy) is 1. The molecule has 1 aromatic carbocycles. The fourth-order valence-electron chi connectivity index (χ4n) is 2.74. The Kier molecular flexibility index (Phi) is 5.42. The van der Waals surface area contributed by atoms with Gasteiger partial charge in [-0.3, -0.25) is 0 Å². The van der Waals surface area contributed by atoms with Crippen molar-refractivity contribution < 1.29 is 26.3 Å². The highest BCUT2D eigenvalue weighted by Gasteiger charge is 2.27. The van der Waals surface area contributed by atoms with Gasteiger partial charge in [-0.2, -0.15) is 0 Å². The van der Waals surface area contributed by atoms with Gasteiger partial charge in [0.2, 0.25) is 10.0 Å². The molecule has 1 heterocycles. The van der Waals surface area contributed by atoms with Crippen LogP contribution in [0.5, 0.6) is 6.01 Å². The van der Waals surface area contributed by atoms with Crippen LogP contribution in [0.3, 0.4) is 0 Å². The Bertz CT molecular complexity index is 870.